The average molecular weight is 210 g/mol. The molecule has 0 atom stereocenters. The molecule has 0 radical (unpaired) electrons. The Balaban J connectivity index is 2.20. The summed E-state index contributed by atoms with van der Waals surface area (Å²) >= 11 is 0. The fraction of sp³-hybridized carbons (Fsp3) is 0.636. The molecule has 0 unspecified atom stereocenters. The van der Waals surface area contributed by atoms with E-state index in [9.17, 15) is 4.79 Å². The van der Waals surface area contributed by atoms with Crippen molar-refractivity contribution in [2.45, 2.75) is 26.2 Å². The molecule has 0 aliphatic rings. The summed E-state index contributed by atoms with van der Waals surface area (Å²) in [7, 11) is 1.94. The molecular formula is C11H18N2O2. The largest absolute Gasteiger partial charge is 0.381 e. The second kappa shape index (κ2) is 6.35. The summed E-state index contributed by atoms with van der Waals surface area (Å²) in [4.78, 5) is 15.6. The number of carbonyl (C=O) groups is 1. The Morgan fingerprint density at radius 2 is 2.33 bits per heavy atom. The van der Waals surface area contributed by atoms with Gasteiger partial charge in [0.15, 0.2) is 0 Å². The molecule has 84 valence electrons. The maximum absolute atomic E-state index is 11.4. The van der Waals surface area contributed by atoms with Crippen LogP contribution in [0.15, 0.2) is 12.4 Å². The van der Waals surface area contributed by atoms with Crippen molar-refractivity contribution >= 4 is 5.78 Å². The van der Waals surface area contributed by atoms with Gasteiger partial charge >= 0.3 is 0 Å². The first-order valence-corrected chi connectivity index (χ1v) is 5.29. The zero-order valence-corrected chi connectivity index (χ0v) is 9.40. The number of aryl methyl sites for hydroxylation is 2. The van der Waals surface area contributed by atoms with Crippen LogP contribution in [-0.2, 0) is 23.0 Å². The summed E-state index contributed by atoms with van der Waals surface area (Å²) < 4.78 is 7.06. The number of hydrogen-bond donors (Lipinski definition) is 0. The maximum atomic E-state index is 11.4. The molecule has 1 aromatic heterocycles. The van der Waals surface area contributed by atoms with Gasteiger partial charge in [0.2, 0.25) is 0 Å². The van der Waals surface area contributed by atoms with Gasteiger partial charge < -0.3 is 9.30 Å². The highest BCUT2D eigenvalue weighted by Gasteiger charge is 2.05. The van der Waals surface area contributed by atoms with E-state index in [1.165, 1.54) is 0 Å². The number of carbonyl (C=O) groups excluding carboxylic acids is 1. The normalized spacial score (nSPS) is 10.5. The quantitative estimate of drug-likeness (QED) is 0.638. The second-order valence-electron chi connectivity index (χ2n) is 3.44. The highest BCUT2D eigenvalue weighted by Crippen LogP contribution is 2.01. The number of rotatable bonds is 7. The lowest BCUT2D eigenvalue weighted by atomic mass is 10.1. The van der Waals surface area contributed by atoms with E-state index >= 15 is 0 Å². The smallest absolute Gasteiger partial charge is 0.135 e. The standard InChI is InChI=1S/C11H18N2O2/c1-3-15-9-6-10(14)4-5-11-12-7-8-13(11)2/h7-8H,3-6,9H2,1-2H3. The Hall–Kier alpha value is -1.16. The lowest BCUT2D eigenvalue weighted by molar-refractivity contribution is -0.120. The molecule has 0 bridgehead atoms. The molecule has 0 aromatic carbocycles. The van der Waals surface area contributed by atoms with E-state index in [0.29, 0.717) is 32.5 Å². The monoisotopic (exact) mass is 210 g/mol. The van der Waals surface area contributed by atoms with Gasteiger partial charge in [-0.1, -0.05) is 0 Å². The molecular weight excluding hydrogens is 192 g/mol. The van der Waals surface area contributed by atoms with Crippen molar-refractivity contribution in [1.29, 1.82) is 0 Å². The van der Waals surface area contributed by atoms with Crippen molar-refractivity contribution in [3.05, 3.63) is 18.2 Å². The van der Waals surface area contributed by atoms with Gasteiger partial charge in [-0.15, -0.1) is 0 Å². The van der Waals surface area contributed by atoms with E-state index in [2.05, 4.69) is 4.98 Å². The number of nitrogens with zero attached hydrogens (tertiary/aromatic N) is 2. The third kappa shape index (κ3) is 4.25. The average Bonchev–Trinajstić information content (AvgIpc) is 2.61. The predicted molar refractivity (Wildman–Crippen MR) is 57.6 cm³/mol. The first kappa shape index (κ1) is 11.9. The summed E-state index contributed by atoms with van der Waals surface area (Å²) in [6, 6.07) is 0. The molecule has 15 heavy (non-hydrogen) atoms. The van der Waals surface area contributed by atoms with Crippen LogP contribution in [0.1, 0.15) is 25.6 Å². The van der Waals surface area contributed by atoms with Crippen LogP contribution in [0, 0.1) is 0 Å². The van der Waals surface area contributed by atoms with Crippen LogP contribution in [0.4, 0.5) is 0 Å². The number of ether oxygens (including phenoxy) is 1. The predicted octanol–water partition coefficient (Wildman–Crippen LogP) is 1.35. The van der Waals surface area contributed by atoms with E-state index in [4.69, 9.17) is 4.74 Å². The summed E-state index contributed by atoms with van der Waals surface area (Å²) in [5, 5.41) is 0. The first-order valence-electron chi connectivity index (χ1n) is 5.29. The van der Waals surface area contributed by atoms with Crippen LogP contribution in [0.2, 0.25) is 0 Å². The van der Waals surface area contributed by atoms with Crippen LogP contribution >= 0.6 is 0 Å². The van der Waals surface area contributed by atoms with Gasteiger partial charge in [-0.2, -0.15) is 0 Å². The molecule has 0 aliphatic heterocycles. The van der Waals surface area contributed by atoms with E-state index in [1.54, 1.807) is 6.20 Å². The lowest BCUT2D eigenvalue weighted by Gasteiger charge is -2.02. The van der Waals surface area contributed by atoms with Crippen molar-refractivity contribution < 1.29 is 9.53 Å². The van der Waals surface area contributed by atoms with Crippen LogP contribution in [0.5, 0.6) is 0 Å². The fourth-order valence-corrected chi connectivity index (χ4v) is 1.34. The molecule has 1 aromatic rings. The lowest BCUT2D eigenvalue weighted by Crippen LogP contribution is -2.07. The SMILES string of the molecule is CCOCCC(=O)CCc1nccn1C. The number of imidazole rings is 1. The first-order chi connectivity index (χ1) is 7.24. The van der Waals surface area contributed by atoms with Crippen molar-refractivity contribution in [1.82, 2.24) is 9.55 Å². The highest BCUT2D eigenvalue weighted by atomic mass is 16.5. The molecule has 0 amide bonds. The van der Waals surface area contributed by atoms with Crippen molar-refractivity contribution in [3.63, 3.8) is 0 Å². The molecule has 0 saturated carbocycles. The minimum atomic E-state index is 0.242. The molecule has 0 aliphatic carbocycles. The van der Waals surface area contributed by atoms with Crippen molar-refractivity contribution in [3.8, 4) is 0 Å². The number of Topliss-reactive ketones (excluding diaryl/α,β-unsaturated/α-hetero) is 1. The second-order valence-corrected chi connectivity index (χ2v) is 3.44. The van der Waals surface area contributed by atoms with Gasteiger partial charge in [0.05, 0.1) is 6.61 Å². The summed E-state index contributed by atoms with van der Waals surface area (Å²) in [6.45, 7) is 3.14. The highest BCUT2D eigenvalue weighted by molar-refractivity contribution is 5.78. The van der Waals surface area contributed by atoms with Gasteiger partial charge in [0, 0.05) is 45.3 Å². The van der Waals surface area contributed by atoms with Gasteiger partial charge in [-0.25, -0.2) is 4.98 Å². The van der Waals surface area contributed by atoms with Gasteiger partial charge in [-0.3, -0.25) is 4.79 Å². The van der Waals surface area contributed by atoms with Gasteiger partial charge in [0.25, 0.3) is 0 Å². The van der Waals surface area contributed by atoms with Crippen LogP contribution in [0.25, 0.3) is 0 Å². The molecule has 1 rings (SSSR count). The van der Waals surface area contributed by atoms with Crippen LogP contribution < -0.4 is 0 Å². The Labute approximate surface area is 90.3 Å². The van der Waals surface area contributed by atoms with E-state index in [-0.39, 0.29) is 5.78 Å². The molecule has 4 nitrogen and oxygen atoms in total. The minimum Gasteiger partial charge on any atom is -0.381 e. The van der Waals surface area contributed by atoms with Gasteiger partial charge in [-0.05, 0) is 6.92 Å². The maximum Gasteiger partial charge on any atom is 0.135 e. The van der Waals surface area contributed by atoms with Crippen molar-refractivity contribution in [2.75, 3.05) is 13.2 Å². The zero-order valence-electron chi connectivity index (χ0n) is 9.40. The molecule has 1 heterocycles. The van der Waals surface area contributed by atoms with Crippen LogP contribution in [0.3, 0.4) is 0 Å². The van der Waals surface area contributed by atoms with Crippen molar-refractivity contribution in [2.24, 2.45) is 7.05 Å². The van der Waals surface area contributed by atoms with Crippen LogP contribution in [-0.4, -0.2) is 28.5 Å². The molecule has 0 fully saturated rings. The topological polar surface area (TPSA) is 44.1 Å². The Morgan fingerprint density at radius 1 is 1.53 bits per heavy atom. The summed E-state index contributed by atoms with van der Waals surface area (Å²) in [5.41, 5.74) is 0. The summed E-state index contributed by atoms with van der Waals surface area (Å²) in [5.74, 6) is 1.20. The Bertz CT molecular complexity index is 307. The fourth-order valence-electron chi connectivity index (χ4n) is 1.34. The van der Waals surface area contributed by atoms with E-state index in [1.807, 2.05) is 24.7 Å². The molecule has 4 heteroatoms. The molecule has 0 saturated heterocycles. The molecule has 0 spiro atoms. The van der Waals surface area contributed by atoms with E-state index < -0.39 is 0 Å². The number of aromatic nitrogens is 2. The third-order valence-electron chi connectivity index (χ3n) is 2.28. The Kier molecular flexibility index (Phi) is 5.04. The summed E-state index contributed by atoms with van der Waals surface area (Å²) in [6.07, 6.45) is 5.42. The van der Waals surface area contributed by atoms with Gasteiger partial charge in [0.1, 0.15) is 11.6 Å². The number of hydrogen-bond acceptors (Lipinski definition) is 3. The Morgan fingerprint density at radius 3 is 2.93 bits per heavy atom. The number of ketones is 1. The minimum absolute atomic E-state index is 0.242. The third-order valence-corrected chi connectivity index (χ3v) is 2.28. The van der Waals surface area contributed by atoms with E-state index in [0.717, 1.165) is 5.82 Å². The zero-order chi connectivity index (χ0) is 11.1. The molecule has 0 N–H and O–H groups in total.